The highest BCUT2D eigenvalue weighted by Gasteiger charge is 2.49. The summed E-state index contributed by atoms with van der Waals surface area (Å²) in [4.78, 5) is 11.2. The van der Waals surface area contributed by atoms with Crippen LogP contribution in [0.4, 0.5) is 22.0 Å². The first-order chi connectivity index (χ1) is 13.7. The van der Waals surface area contributed by atoms with Crippen molar-refractivity contribution in [2.45, 2.75) is 5.79 Å². The Hall–Kier alpha value is -3.62. The number of fused-ring (bicyclic) bond motifs is 1. The summed E-state index contributed by atoms with van der Waals surface area (Å²) < 4.78 is 81.1. The van der Waals surface area contributed by atoms with Crippen molar-refractivity contribution in [1.29, 1.82) is 0 Å². The lowest BCUT2D eigenvalue weighted by Gasteiger charge is -2.29. The van der Waals surface area contributed by atoms with Crippen LogP contribution in [0.1, 0.15) is 21.5 Å². The van der Waals surface area contributed by atoms with E-state index in [-0.39, 0.29) is 11.5 Å². The molecule has 0 fully saturated rings. The van der Waals surface area contributed by atoms with Crippen LogP contribution in [0.2, 0.25) is 0 Å². The number of carboxylic acid groups (broad SMARTS) is 1. The number of benzene rings is 3. The fourth-order valence-electron chi connectivity index (χ4n) is 3.07. The molecule has 0 bridgehead atoms. The molecule has 3 aromatic carbocycles. The van der Waals surface area contributed by atoms with Crippen LogP contribution in [0.25, 0.3) is 0 Å². The van der Waals surface area contributed by atoms with E-state index >= 15 is 0 Å². The van der Waals surface area contributed by atoms with Gasteiger partial charge in [-0.05, 0) is 24.3 Å². The number of halogens is 5. The van der Waals surface area contributed by atoms with Gasteiger partial charge in [0.2, 0.25) is 0 Å². The predicted molar refractivity (Wildman–Crippen MR) is 88.1 cm³/mol. The lowest BCUT2D eigenvalue weighted by atomic mass is 9.96. The van der Waals surface area contributed by atoms with E-state index in [1.807, 2.05) is 0 Å². The molecule has 4 nitrogen and oxygen atoms in total. The maximum atomic E-state index is 14.6. The van der Waals surface area contributed by atoms with Crippen molar-refractivity contribution in [2.75, 3.05) is 0 Å². The average Bonchev–Trinajstić information content (AvgIpc) is 2.99. The molecule has 1 aliphatic heterocycles. The summed E-state index contributed by atoms with van der Waals surface area (Å²) >= 11 is 0. The zero-order chi connectivity index (χ0) is 20.9. The highest BCUT2D eigenvalue weighted by atomic mass is 19.1. The Morgan fingerprint density at radius 3 is 1.66 bits per heavy atom. The van der Waals surface area contributed by atoms with Crippen molar-refractivity contribution >= 4 is 5.97 Å². The van der Waals surface area contributed by atoms with Crippen LogP contribution in [0.5, 0.6) is 11.5 Å². The van der Waals surface area contributed by atoms with Crippen LogP contribution < -0.4 is 9.47 Å². The van der Waals surface area contributed by atoms with Crippen LogP contribution in [0.15, 0.2) is 48.5 Å². The first kappa shape index (κ1) is 18.7. The summed E-state index contributed by atoms with van der Waals surface area (Å²) in [6.07, 6.45) is 0. The summed E-state index contributed by atoms with van der Waals surface area (Å²) in [5.41, 5.74) is -1.74. The number of hydrogen-bond donors (Lipinski definition) is 1. The van der Waals surface area contributed by atoms with Gasteiger partial charge >= 0.3 is 11.8 Å². The van der Waals surface area contributed by atoms with Crippen molar-refractivity contribution < 1.29 is 41.3 Å². The first-order valence-corrected chi connectivity index (χ1v) is 8.07. The topological polar surface area (TPSA) is 55.8 Å². The zero-order valence-corrected chi connectivity index (χ0v) is 14.2. The Morgan fingerprint density at radius 1 is 0.724 bits per heavy atom. The summed E-state index contributed by atoms with van der Waals surface area (Å²) in [7, 11) is 0. The molecule has 0 aliphatic carbocycles. The largest absolute Gasteiger partial charge is 0.478 e. The van der Waals surface area contributed by atoms with Crippen molar-refractivity contribution in [3.8, 4) is 11.5 Å². The molecule has 1 heterocycles. The maximum absolute atomic E-state index is 14.6. The van der Waals surface area contributed by atoms with E-state index < -0.39 is 57.5 Å². The molecular formula is C20H9F5O4. The van der Waals surface area contributed by atoms with Gasteiger partial charge in [0.25, 0.3) is 0 Å². The van der Waals surface area contributed by atoms with E-state index in [9.17, 15) is 26.7 Å². The lowest BCUT2D eigenvalue weighted by molar-refractivity contribution is -0.0516. The maximum Gasteiger partial charge on any atom is 0.338 e. The molecule has 148 valence electrons. The highest BCUT2D eigenvalue weighted by Crippen LogP contribution is 2.49. The normalized spacial score (nSPS) is 14.1. The Bertz CT molecular complexity index is 1110. The van der Waals surface area contributed by atoms with Gasteiger partial charge in [-0.2, -0.15) is 0 Å². The molecule has 0 radical (unpaired) electrons. The van der Waals surface area contributed by atoms with E-state index in [4.69, 9.17) is 14.6 Å². The Morgan fingerprint density at radius 2 is 1.21 bits per heavy atom. The first-order valence-electron chi connectivity index (χ1n) is 8.07. The van der Waals surface area contributed by atoms with Crippen molar-refractivity contribution in [3.63, 3.8) is 0 Å². The van der Waals surface area contributed by atoms with Crippen molar-refractivity contribution in [1.82, 2.24) is 0 Å². The van der Waals surface area contributed by atoms with Gasteiger partial charge in [0, 0.05) is 24.3 Å². The Balaban J connectivity index is 1.96. The SMILES string of the molecule is O=C(O)c1cc2c(cc1F)OC(c1ccc(F)cc1F)(c1ccc(F)cc1F)O2. The molecule has 9 heteroatoms. The number of carboxylic acids is 1. The molecule has 0 saturated carbocycles. The van der Waals surface area contributed by atoms with E-state index in [0.29, 0.717) is 18.2 Å². The molecule has 0 unspecified atom stereocenters. The predicted octanol–water partition coefficient (Wildman–Crippen LogP) is 4.75. The molecule has 1 aliphatic rings. The van der Waals surface area contributed by atoms with Gasteiger partial charge in [-0.1, -0.05) is 0 Å². The summed E-state index contributed by atoms with van der Waals surface area (Å²) in [5, 5.41) is 9.07. The fourth-order valence-corrected chi connectivity index (χ4v) is 3.07. The Labute approximate surface area is 159 Å². The van der Waals surface area contributed by atoms with Crippen LogP contribution in [-0.4, -0.2) is 11.1 Å². The van der Waals surface area contributed by atoms with Gasteiger partial charge in [0.05, 0.1) is 16.7 Å². The number of ether oxygens (including phenoxy) is 2. The number of carbonyl (C=O) groups is 1. The molecule has 0 atom stereocenters. The molecule has 0 saturated heterocycles. The van der Waals surface area contributed by atoms with Crippen molar-refractivity contribution in [2.24, 2.45) is 0 Å². The third-order valence-corrected chi connectivity index (χ3v) is 4.34. The van der Waals surface area contributed by atoms with Gasteiger partial charge in [-0.15, -0.1) is 0 Å². The number of hydrogen-bond acceptors (Lipinski definition) is 3. The van der Waals surface area contributed by atoms with Gasteiger partial charge < -0.3 is 14.6 Å². The molecular weight excluding hydrogens is 399 g/mol. The molecule has 0 spiro atoms. The second-order valence-corrected chi connectivity index (χ2v) is 6.15. The number of rotatable bonds is 3. The second-order valence-electron chi connectivity index (χ2n) is 6.15. The van der Waals surface area contributed by atoms with Crippen LogP contribution >= 0.6 is 0 Å². The Kier molecular flexibility index (Phi) is 4.18. The van der Waals surface area contributed by atoms with E-state index in [0.717, 1.165) is 30.3 Å². The molecule has 1 N–H and O–H groups in total. The quantitative estimate of drug-likeness (QED) is 0.636. The van der Waals surface area contributed by atoms with Gasteiger partial charge in [-0.3, -0.25) is 0 Å². The third-order valence-electron chi connectivity index (χ3n) is 4.34. The standard InChI is InChI=1S/C20H9F5O4/c21-9-1-3-12(15(24)5-9)20(13-4-2-10(22)6-16(13)25)28-17-7-11(19(26)27)14(23)8-18(17)29-20/h1-8H,(H,26,27). The van der Waals surface area contributed by atoms with Gasteiger partial charge in [0.1, 0.15) is 29.1 Å². The summed E-state index contributed by atoms with van der Waals surface area (Å²) in [5.74, 6) is -10.1. The molecule has 0 amide bonds. The minimum atomic E-state index is -2.42. The third kappa shape index (κ3) is 2.95. The average molecular weight is 408 g/mol. The van der Waals surface area contributed by atoms with E-state index in [1.54, 1.807) is 0 Å². The smallest absolute Gasteiger partial charge is 0.338 e. The zero-order valence-electron chi connectivity index (χ0n) is 14.2. The number of aromatic carboxylic acids is 1. The summed E-state index contributed by atoms with van der Waals surface area (Å²) in [6, 6.07) is 6.04. The summed E-state index contributed by atoms with van der Waals surface area (Å²) in [6.45, 7) is 0. The monoisotopic (exact) mass is 408 g/mol. The molecule has 3 aromatic rings. The highest BCUT2D eigenvalue weighted by molar-refractivity contribution is 5.89. The van der Waals surface area contributed by atoms with E-state index in [1.165, 1.54) is 0 Å². The van der Waals surface area contributed by atoms with Crippen LogP contribution in [-0.2, 0) is 5.79 Å². The van der Waals surface area contributed by atoms with E-state index in [2.05, 4.69) is 0 Å². The second kappa shape index (κ2) is 6.47. The van der Waals surface area contributed by atoms with Crippen LogP contribution in [0, 0.1) is 29.1 Å². The van der Waals surface area contributed by atoms with Gasteiger partial charge in [-0.25, -0.2) is 26.7 Å². The molecule has 4 rings (SSSR count). The van der Waals surface area contributed by atoms with Gasteiger partial charge in [0.15, 0.2) is 11.5 Å². The fraction of sp³-hybridized carbons (Fsp3) is 0.0500. The van der Waals surface area contributed by atoms with Crippen LogP contribution in [0.3, 0.4) is 0 Å². The minimum absolute atomic E-state index is 0.323. The lowest BCUT2D eigenvalue weighted by Crippen LogP contribution is -2.39. The minimum Gasteiger partial charge on any atom is -0.478 e. The molecule has 0 aromatic heterocycles. The molecule has 29 heavy (non-hydrogen) atoms. The van der Waals surface area contributed by atoms with Crippen molar-refractivity contribution in [3.05, 3.63) is 94.3 Å².